The molecule has 2 N–H and O–H groups in total. The molecule has 1 aromatic carbocycles. The lowest BCUT2D eigenvalue weighted by atomic mass is 9.89. The first-order valence-electron chi connectivity index (χ1n) is 6.89. The van der Waals surface area contributed by atoms with Crippen molar-refractivity contribution in [3.63, 3.8) is 0 Å². The molecular formula is C15H22BrFN2. The van der Waals surface area contributed by atoms with Gasteiger partial charge in [0.2, 0.25) is 0 Å². The molecule has 1 aliphatic heterocycles. The second-order valence-corrected chi connectivity index (χ2v) is 6.86. The van der Waals surface area contributed by atoms with E-state index in [1.165, 1.54) is 6.07 Å². The summed E-state index contributed by atoms with van der Waals surface area (Å²) in [4.78, 5) is 0. The molecule has 19 heavy (non-hydrogen) atoms. The maximum Gasteiger partial charge on any atom is 0.126 e. The quantitative estimate of drug-likeness (QED) is 0.886. The van der Waals surface area contributed by atoms with Crippen LogP contribution in [-0.4, -0.2) is 24.7 Å². The van der Waals surface area contributed by atoms with Crippen LogP contribution in [0.25, 0.3) is 0 Å². The number of piperidine rings is 1. The maximum atomic E-state index is 13.6. The van der Waals surface area contributed by atoms with Crippen molar-refractivity contribution in [2.24, 2.45) is 0 Å². The van der Waals surface area contributed by atoms with E-state index in [9.17, 15) is 4.39 Å². The Morgan fingerprint density at radius 3 is 3.00 bits per heavy atom. The molecule has 4 heteroatoms. The predicted octanol–water partition coefficient (Wildman–Crippen LogP) is 3.25. The normalized spacial score (nSPS) is 22.4. The van der Waals surface area contributed by atoms with Crippen LogP contribution < -0.4 is 10.6 Å². The largest absolute Gasteiger partial charge is 0.314 e. The van der Waals surface area contributed by atoms with Gasteiger partial charge in [-0.05, 0) is 70.0 Å². The highest BCUT2D eigenvalue weighted by Crippen LogP contribution is 2.19. The van der Waals surface area contributed by atoms with Crippen LogP contribution in [-0.2, 0) is 6.42 Å². The van der Waals surface area contributed by atoms with Gasteiger partial charge < -0.3 is 10.6 Å². The molecule has 1 heterocycles. The van der Waals surface area contributed by atoms with Crippen LogP contribution >= 0.6 is 15.9 Å². The lowest BCUT2D eigenvalue weighted by Gasteiger charge is -2.37. The van der Waals surface area contributed by atoms with Gasteiger partial charge in [0.15, 0.2) is 0 Å². The Morgan fingerprint density at radius 1 is 1.47 bits per heavy atom. The topological polar surface area (TPSA) is 24.1 Å². The van der Waals surface area contributed by atoms with E-state index in [2.05, 4.69) is 40.4 Å². The fourth-order valence-corrected chi connectivity index (χ4v) is 3.10. The first kappa shape index (κ1) is 14.9. The van der Waals surface area contributed by atoms with Gasteiger partial charge in [0.25, 0.3) is 0 Å². The minimum atomic E-state index is -0.115. The van der Waals surface area contributed by atoms with Crippen LogP contribution in [0.4, 0.5) is 4.39 Å². The summed E-state index contributed by atoms with van der Waals surface area (Å²) in [6.07, 6.45) is 2.99. The van der Waals surface area contributed by atoms with Gasteiger partial charge in [-0.3, -0.25) is 0 Å². The molecular weight excluding hydrogens is 307 g/mol. The minimum absolute atomic E-state index is 0.115. The van der Waals surface area contributed by atoms with E-state index in [1.807, 2.05) is 6.07 Å². The van der Waals surface area contributed by atoms with E-state index < -0.39 is 0 Å². The molecule has 0 saturated carbocycles. The second kappa shape index (κ2) is 6.33. The van der Waals surface area contributed by atoms with Crippen molar-refractivity contribution in [2.75, 3.05) is 13.1 Å². The molecule has 1 aliphatic rings. The van der Waals surface area contributed by atoms with Crippen molar-refractivity contribution in [3.8, 4) is 0 Å². The Balaban J connectivity index is 1.81. The molecule has 0 spiro atoms. The summed E-state index contributed by atoms with van der Waals surface area (Å²) in [7, 11) is 0. The Hall–Kier alpha value is -0.450. The smallest absolute Gasteiger partial charge is 0.126 e. The number of rotatable bonds is 4. The van der Waals surface area contributed by atoms with Crippen LogP contribution in [0.15, 0.2) is 22.7 Å². The molecule has 2 nitrogen and oxygen atoms in total. The highest BCUT2D eigenvalue weighted by molar-refractivity contribution is 9.10. The molecule has 1 unspecified atom stereocenters. The van der Waals surface area contributed by atoms with Gasteiger partial charge in [0.05, 0.1) is 0 Å². The maximum absolute atomic E-state index is 13.6. The van der Waals surface area contributed by atoms with Crippen LogP contribution in [0.5, 0.6) is 0 Å². The van der Waals surface area contributed by atoms with Gasteiger partial charge in [-0.2, -0.15) is 0 Å². The van der Waals surface area contributed by atoms with Crippen LogP contribution in [0.2, 0.25) is 0 Å². The van der Waals surface area contributed by atoms with E-state index in [4.69, 9.17) is 0 Å². The van der Waals surface area contributed by atoms with E-state index in [-0.39, 0.29) is 11.4 Å². The Morgan fingerprint density at radius 2 is 2.26 bits per heavy atom. The fraction of sp³-hybridized carbons (Fsp3) is 0.600. The number of hydrogen-bond acceptors (Lipinski definition) is 2. The molecule has 106 valence electrons. The average molecular weight is 329 g/mol. The van der Waals surface area contributed by atoms with Crippen molar-refractivity contribution in [1.82, 2.24) is 10.6 Å². The molecule has 1 atom stereocenters. The molecule has 0 aromatic heterocycles. The monoisotopic (exact) mass is 328 g/mol. The summed E-state index contributed by atoms with van der Waals surface area (Å²) in [5.41, 5.74) is 0.979. The molecule has 2 rings (SSSR count). The number of benzene rings is 1. The third-order valence-electron chi connectivity index (χ3n) is 3.69. The van der Waals surface area contributed by atoms with Crippen molar-refractivity contribution in [1.29, 1.82) is 0 Å². The van der Waals surface area contributed by atoms with Gasteiger partial charge in [-0.15, -0.1) is 0 Å². The summed E-state index contributed by atoms with van der Waals surface area (Å²) in [6.45, 7) is 6.34. The fourth-order valence-electron chi connectivity index (χ4n) is 2.70. The van der Waals surface area contributed by atoms with E-state index in [0.717, 1.165) is 42.4 Å². The Labute approximate surface area is 123 Å². The zero-order valence-corrected chi connectivity index (χ0v) is 13.2. The molecule has 1 saturated heterocycles. The molecule has 0 bridgehead atoms. The van der Waals surface area contributed by atoms with Gasteiger partial charge in [-0.25, -0.2) is 4.39 Å². The lowest BCUT2D eigenvalue weighted by Crippen LogP contribution is -2.52. The van der Waals surface area contributed by atoms with E-state index in [0.29, 0.717) is 6.04 Å². The van der Waals surface area contributed by atoms with Gasteiger partial charge >= 0.3 is 0 Å². The van der Waals surface area contributed by atoms with Gasteiger partial charge in [-0.1, -0.05) is 15.9 Å². The van der Waals surface area contributed by atoms with Crippen LogP contribution in [0.3, 0.4) is 0 Å². The lowest BCUT2D eigenvalue weighted by molar-refractivity contribution is 0.249. The van der Waals surface area contributed by atoms with Gasteiger partial charge in [0.1, 0.15) is 5.82 Å². The standard InChI is InChI=1S/C15H22BrFN2/c1-15(2)10-13(6-8-19-15)18-7-5-11-9-12(16)3-4-14(11)17/h3-4,9,13,18-19H,5-8,10H2,1-2H3. The van der Waals surface area contributed by atoms with E-state index in [1.54, 1.807) is 6.07 Å². The van der Waals surface area contributed by atoms with Crippen molar-refractivity contribution >= 4 is 15.9 Å². The van der Waals surface area contributed by atoms with Crippen molar-refractivity contribution in [2.45, 2.75) is 44.7 Å². The first-order chi connectivity index (χ1) is 8.96. The second-order valence-electron chi connectivity index (χ2n) is 5.94. The number of hydrogen-bond donors (Lipinski definition) is 2. The predicted molar refractivity (Wildman–Crippen MR) is 80.9 cm³/mol. The molecule has 0 amide bonds. The SMILES string of the molecule is CC1(C)CC(NCCc2cc(Br)ccc2F)CCN1. The van der Waals surface area contributed by atoms with Crippen LogP contribution in [0, 0.1) is 5.82 Å². The zero-order valence-electron chi connectivity index (χ0n) is 11.6. The Kier molecular flexibility index (Phi) is 4.98. The summed E-state index contributed by atoms with van der Waals surface area (Å²) < 4.78 is 14.5. The number of halogens is 2. The van der Waals surface area contributed by atoms with Crippen molar-refractivity contribution < 1.29 is 4.39 Å². The average Bonchev–Trinajstić information content (AvgIpc) is 2.32. The van der Waals surface area contributed by atoms with Gasteiger partial charge in [0, 0.05) is 16.1 Å². The molecule has 0 radical (unpaired) electrons. The third-order valence-corrected chi connectivity index (χ3v) is 4.18. The molecule has 1 aromatic rings. The zero-order chi connectivity index (χ0) is 13.9. The molecule has 0 aliphatic carbocycles. The summed E-state index contributed by atoms with van der Waals surface area (Å²) in [5.74, 6) is -0.115. The first-order valence-corrected chi connectivity index (χ1v) is 7.68. The van der Waals surface area contributed by atoms with E-state index >= 15 is 0 Å². The van der Waals surface area contributed by atoms with Crippen molar-refractivity contribution in [3.05, 3.63) is 34.1 Å². The Bertz CT molecular complexity index is 434. The third kappa shape index (κ3) is 4.55. The highest BCUT2D eigenvalue weighted by atomic mass is 79.9. The summed E-state index contributed by atoms with van der Waals surface area (Å²) >= 11 is 3.38. The number of nitrogens with one attached hydrogen (secondary N) is 2. The molecule has 1 fully saturated rings. The summed E-state index contributed by atoms with van der Waals surface area (Å²) in [5, 5.41) is 7.06. The highest BCUT2D eigenvalue weighted by Gasteiger charge is 2.26. The van der Waals surface area contributed by atoms with Crippen LogP contribution in [0.1, 0.15) is 32.3 Å². The minimum Gasteiger partial charge on any atom is -0.314 e. The summed E-state index contributed by atoms with van der Waals surface area (Å²) in [6, 6.07) is 5.66.